The summed E-state index contributed by atoms with van der Waals surface area (Å²) in [7, 11) is 0. The number of alkyl halides is 3. The van der Waals surface area contributed by atoms with Crippen LogP contribution in [0, 0.1) is 12.8 Å². The lowest BCUT2D eigenvalue weighted by Crippen LogP contribution is -2.33. The van der Waals surface area contributed by atoms with Gasteiger partial charge in [0.25, 0.3) is 5.91 Å². The summed E-state index contributed by atoms with van der Waals surface area (Å²) in [5.41, 5.74) is -0.554. The van der Waals surface area contributed by atoms with Gasteiger partial charge in [-0.05, 0) is 56.8 Å². The van der Waals surface area contributed by atoms with Gasteiger partial charge in [-0.2, -0.15) is 18.3 Å². The predicted octanol–water partition coefficient (Wildman–Crippen LogP) is 3.32. The van der Waals surface area contributed by atoms with Crippen molar-refractivity contribution < 1.29 is 18.0 Å². The van der Waals surface area contributed by atoms with Gasteiger partial charge in [-0.15, -0.1) is 0 Å². The van der Waals surface area contributed by atoms with Gasteiger partial charge >= 0.3 is 6.18 Å². The van der Waals surface area contributed by atoms with Gasteiger partial charge in [0.2, 0.25) is 0 Å². The molecule has 1 aromatic heterocycles. The van der Waals surface area contributed by atoms with E-state index in [-0.39, 0.29) is 0 Å². The van der Waals surface area contributed by atoms with Gasteiger partial charge < -0.3 is 10.6 Å². The van der Waals surface area contributed by atoms with Crippen LogP contribution in [0.4, 0.5) is 13.2 Å². The number of nitrogens with zero attached hydrogens (tertiary/aromatic N) is 2. The van der Waals surface area contributed by atoms with Crippen molar-refractivity contribution in [1.29, 1.82) is 0 Å². The van der Waals surface area contributed by atoms with Gasteiger partial charge in [0.05, 0.1) is 17.4 Å². The molecule has 0 aliphatic carbocycles. The van der Waals surface area contributed by atoms with Crippen molar-refractivity contribution in [3.05, 3.63) is 47.3 Å². The summed E-state index contributed by atoms with van der Waals surface area (Å²) in [5, 5.41) is 9.76. The van der Waals surface area contributed by atoms with E-state index < -0.39 is 23.3 Å². The highest BCUT2D eigenvalue weighted by atomic mass is 19.4. The third-order valence-corrected chi connectivity index (χ3v) is 4.86. The molecule has 1 saturated heterocycles. The minimum Gasteiger partial charge on any atom is -0.352 e. The molecule has 8 heteroatoms. The van der Waals surface area contributed by atoms with Gasteiger partial charge in [-0.1, -0.05) is 18.2 Å². The minimum atomic E-state index is -4.70. The molecule has 0 saturated carbocycles. The topological polar surface area (TPSA) is 59.0 Å². The molecule has 1 aromatic carbocycles. The number of hydrogen-bond donors (Lipinski definition) is 2. The Morgan fingerprint density at radius 1 is 1.37 bits per heavy atom. The fourth-order valence-corrected chi connectivity index (χ4v) is 3.43. The third-order valence-electron chi connectivity index (χ3n) is 4.86. The number of amides is 1. The Hall–Kier alpha value is -2.35. The Labute approximate surface area is 155 Å². The highest BCUT2D eigenvalue weighted by Gasteiger charge is 2.40. The first-order valence-corrected chi connectivity index (χ1v) is 9.08. The summed E-state index contributed by atoms with van der Waals surface area (Å²) in [4.78, 5) is 12.4. The zero-order valence-corrected chi connectivity index (χ0v) is 15.1. The van der Waals surface area contributed by atoms with Crippen LogP contribution in [0.25, 0.3) is 5.69 Å². The second kappa shape index (κ2) is 8.12. The third kappa shape index (κ3) is 4.50. The predicted molar refractivity (Wildman–Crippen MR) is 95.8 cm³/mol. The number of rotatable bonds is 5. The lowest BCUT2D eigenvalue weighted by atomic mass is 9.96. The molecule has 2 heterocycles. The molecular formula is C19H23F3N4O. The van der Waals surface area contributed by atoms with Crippen LogP contribution in [-0.2, 0) is 6.18 Å². The molecule has 0 radical (unpaired) electrons. The molecule has 2 N–H and O–H groups in total. The number of carbonyl (C=O) groups excluding carboxylic acids is 1. The van der Waals surface area contributed by atoms with Crippen LogP contribution in [0.1, 0.15) is 40.9 Å². The molecule has 27 heavy (non-hydrogen) atoms. The summed E-state index contributed by atoms with van der Waals surface area (Å²) < 4.78 is 41.9. The Balaban J connectivity index is 1.78. The molecule has 3 rings (SSSR count). The zero-order valence-electron chi connectivity index (χ0n) is 15.1. The van der Waals surface area contributed by atoms with Gasteiger partial charge in [0, 0.05) is 6.54 Å². The van der Waals surface area contributed by atoms with Crippen LogP contribution in [0.15, 0.2) is 30.5 Å². The summed E-state index contributed by atoms with van der Waals surface area (Å²) in [6, 6.07) is 6.63. The van der Waals surface area contributed by atoms with E-state index in [4.69, 9.17) is 0 Å². The SMILES string of the molecule is Cc1ccccc1-n1ncc(C(=O)NCCC2CCCNC2)c1C(F)(F)F. The van der Waals surface area contributed by atoms with Crippen molar-refractivity contribution in [3.63, 3.8) is 0 Å². The molecule has 1 aliphatic rings. The Bertz CT molecular complexity index is 794. The van der Waals surface area contributed by atoms with Crippen LogP contribution in [0.3, 0.4) is 0 Å². The monoisotopic (exact) mass is 380 g/mol. The van der Waals surface area contributed by atoms with Crippen LogP contribution in [0.5, 0.6) is 0 Å². The van der Waals surface area contributed by atoms with Crippen LogP contribution in [0.2, 0.25) is 0 Å². The Morgan fingerprint density at radius 2 is 2.15 bits per heavy atom. The molecule has 0 bridgehead atoms. The van der Waals surface area contributed by atoms with E-state index in [0.717, 1.165) is 43.2 Å². The molecule has 1 unspecified atom stereocenters. The van der Waals surface area contributed by atoms with Crippen LogP contribution in [-0.4, -0.2) is 35.3 Å². The fraction of sp³-hybridized carbons (Fsp3) is 0.474. The second-order valence-corrected chi connectivity index (χ2v) is 6.86. The minimum absolute atomic E-state index is 0.303. The molecular weight excluding hydrogens is 357 g/mol. The average Bonchev–Trinajstić information content (AvgIpc) is 3.08. The van der Waals surface area contributed by atoms with Crippen molar-refractivity contribution in [2.45, 2.75) is 32.4 Å². The van der Waals surface area contributed by atoms with Crippen LogP contribution >= 0.6 is 0 Å². The normalized spacial score (nSPS) is 17.7. The first-order chi connectivity index (χ1) is 12.9. The lowest BCUT2D eigenvalue weighted by Gasteiger charge is -2.22. The molecule has 1 atom stereocenters. The first kappa shape index (κ1) is 19.4. The van der Waals surface area contributed by atoms with E-state index in [1.807, 2.05) is 0 Å². The van der Waals surface area contributed by atoms with Gasteiger partial charge in [0.1, 0.15) is 0 Å². The second-order valence-electron chi connectivity index (χ2n) is 6.86. The van der Waals surface area contributed by atoms with Crippen molar-refractivity contribution in [2.24, 2.45) is 5.92 Å². The van der Waals surface area contributed by atoms with Gasteiger partial charge in [0.15, 0.2) is 5.69 Å². The van der Waals surface area contributed by atoms with E-state index >= 15 is 0 Å². The Morgan fingerprint density at radius 3 is 2.81 bits per heavy atom. The Kier molecular flexibility index (Phi) is 5.84. The number of benzene rings is 1. The molecule has 1 aliphatic heterocycles. The molecule has 0 spiro atoms. The highest BCUT2D eigenvalue weighted by molar-refractivity contribution is 5.95. The van der Waals surface area contributed by atoms with Crippen molar-refractivity contribution >= 4 is 5.91 Å². The number of halogens is 3. The van der Waals surface area contributed by atoms with E-state index in [9.17, 15) is 18.0 Å². The first-order valence-electron chi connectivity index (χ1n) is 9.08. The average molecular weight is 380 g/mol. The van der Waals surface area contributed by atoms with Crippen molar-refractivity contribution in [2.75, 3.05) is 19.6 Å². The number of nitrogens with one attached hydrogen (secondary N) is 2. The number of piperidine rings is 1. The highest BCUT2D eigenvalue weighted by Crippen LogP contribution is 2.34. The summed E-state index contributed by atoms with van der Waals surface area (Å²) in [6.07, 6.45) is -0.806. The molecule has 1 fully saturated rings. The molecule has 5 nitrogen and oxygen atoms in total. The number of hydrogen-bond acceptors (Lipinski definition) is 3. The quantitative estimate of drug-likeness (QED) is 0.837. The summed E-state index contributed by atoms with van der Waals surface area (Å²) in [5.74, 6) is -0.304. The summed E-state index contributed by atoms with van der Waals surface area (Å²) in [6.45, 7) is 3.93. The molecule has 1 amide bonds. The maximum absolute atomic E-state index is 13.7. The fourth-order valence-electron chi connectivity index (χ4n) is 3.43. The number of para-hydroxylation sites is 1. The van der Waals surface area contributed by atoms with Crippen molar-refractivity contribution in [3.8, 4) is 5.69 Å². The number of aryl methyl sites for hydroxylation is 1. The molecule has 2 aromatic rings. The standard InChI is InChI=1S/C19H23F3N4O/c1-13-5-2-3-7-16(13)26-17(19(20,21)22)15(12-25-26)18(27)24-10-8-14-6-4-9-23-11-14/h2-3,5,7,12,14,23H,4,6,8-11H2,1H3,(H,24,27). The van der Waals surface area contributed by atoms with Crippen LogP contribution < -0.4 is 10.6 Å². The van der Waals surface area contributed by atoms with Gasteiger partial charge in [-0.3, -0.25) is 4.79 Å². The van der Waals surface area contributed by atoms with E-state index in [0.29, 0.717) is 23.7 Å². The van der Waals surface area contributed by atoms with E-state index in [1.165, 1.54) is 0 Å². The summed E-state index contributed by atoms with van der Waals surface area (Å²) >= 11 is 0. The number of carbonyl (C=O) groups is 1. The van der Waals surface area contributed by atoms with E-state index in [2.05, 4.69) is 15.7 Å². The van der Waals surface area contributed by atoms with Gasteiger partial charge in [-0.25, -0.2) is 4.68 Å². The lowest BCUT2D eigenvalue weighted by molar-refractivity contribution is -0.143. The maximum Gasteiger partial charge on any atom is 0.434 e. The molecule has 146 valence electrons. The van der Waals surface area contributed by atoms with Crippen molar-refractivity contribution in [1.82, 2.24) is 20.4 Å². The van der Waals surface area contributed by atoms with E-state index in [1.54, 1.807) is 31.2 Å². The zero-order chi connectivity index (χ0) is 19.4. The number of aromatic nitrogens is 2. The smallest absolute Gasteiger partial charge is 0.352 e. The largest absolute Gasteiger partial charge is 0.434 e. The maximum atomic E-state index is 13.7.